The molecule has 1 aromatic carbocycles. The average Bonchev–Trinajstić information content (AvgIpc) is 3.38. The Labute approximate surface area is 203 Å². The van der Waals surface area contributed by atoms with Gasteiger partial charge in [-0.1, -0.05) is 11.6 Å². The number of rotatable bonds is 6. The summed E-state index contributed by atoms with van der Waals surface area (Å²) in [5, 5.41) is 17.3. The van der Waals surface area contributed by atoms with Crippen molar-refractivity contribution in [2.24, 2.45) is 23.2 Å². The number of carbonyl (C=O) groups is 1. The molecule has 6 heteroatoms. The Bertz CT molecular complexity index is 1180. The molecule has 0 spiro atoms. The number of hydrogen-bond acceptors (Lipinski definition) is 3. The van der Waals surface area contributed by atoms with Crippen LogP contribution in [0.5, 0.6) is 0 Å². The van der Waals surface area contributed by atoms with E-state index in [1.165, 1.54) is 19.3 Å². The van der Waals surface area contributed by atoms with E-state index in [4.69, 9.17) is 11.6 Å². The second kappa shape index (κ2) is 7.86. The molecule has 0 saturated heterocycles. The fourth-order valence-corrected chi connectivity index (χ4v) is 8.84. The molecule has 4 aliphatic rings. The van der Waals surface area contributed by atoms with Gasteiger partial charge in [-0.2, -0.15) is 0 Å². The van der Waals surface area contributed by atoms with Gasteiger partial charge in [0, 0.05) is 43.8 Å². The van der Waals surface area contributed by atoms with Gasteiger partial charge in [0.15, 0.2) is 5.60 Å². The van der Waals surface area contributed by atoms with Gasteiger partial charge in [0.2, 0.25) is 0 Å². The maximum atomic E-state index is 13.9. The molecule has 3 aromatic rings. The third-order valence-electron chi connectivity index (χ3n) is 8.64. The van der Waals surface area contributed by atoms with Gasteiger partial charge in [0.05, 0.1) is 0 Å². The first-order valence-electron chi connectivity index (χ1n) is 12.2. The highest BCUT2D eigenvalue weighted by Gasteiger charge is 2.64. The van der Waals surface area contributed by atoms with Gasteiger partial charge >= 0.3 is 0 Å². The zero-order valence-corrected chi connectivity index (χ0v) is 20.6. The minimum Gasteiger partial charge on any atom is -0.374 e. The van der Waals surface area contributed by atoms with Crippen LogP contribution in [-0.4, -0.2) is 22.5 Å². The topological polar surface area (TPSA) is 65.1 Å². The first kappa shape index (κ1) is 21.7. The number of amides is 1. The fraction of sp³-hybridized carbons (Fsp3) is 0.519. The number of aryl methyl sites for hydroxylation is 1. The van der Waals surface area contributed by atoms with E-state index in [0.717, 1.165) is 45.5 Å². The van der Waals surface area contributed by atoms with Crippen LogP contribution in [0.2, 0.25) is 5.02 Å². The van der Waals surface area contributed by atoms with Crippen LogP contribution in [0.25, 0.3) is 10.9 Å². The second-order valence-corrected chi connectivity index (χ2v) is 12.6. The van der Waals surface area contributed by atoms with Crippen molar-refractivity contribution in [3.8, 4) is 0 Å². The molecular formula is C27H31ClN2O2S. The summed E-state index contributed by atoms with van der Waals surface area (Å²) in [4.78, 5) is 19.1. The van der Waals surface area contributed by atoms with Crippen LogP contribution >= 0.6 is 22.9 Å². The lowest BCUT2D eigenvalue weighted by atomic mass is 9.45. The SMILES string of the molecule is Cc1ccc(C(O)(C(=O)NCCc2c[nH]c3ccc(Cl)cc23)C23CC4CC(CC(C4)C2)C3)s1. The smallest absolute Gasteiger partial charge is 0.258 e. The summed E-state index contributed by atoms with van der Waals surface area (Å²) in [5.41, 5.74) is 0.376. The average molecular weight is 483 g/mol. The van der Waals surface area contributed by atoms with Gasteiger partial charge in [0.1, 0.15) is 0 Å². The maximum absolute atomic E-state index is 13.9. The van der Waals surface area contributed by atoms with Crippen molar-refractivity contribution in [1.82, 2.24) is 10.3 Å². The number of aromatic nitrogens is 1. The maximum Gasteiger partial charge on any atom is 0.258 e. The zero-order chi connectivity index (χ0) is 22.8. The van der Waals surface area contributed by atoms with Crippen molar-refractivity contribution in [1.29, 1.82) is 0 Å². The summed E-state index contributed by atoms with van der Waals surface area (Å²) >= 11 is 7.77. The number of aromatic amines is 1. The molecule has 1 amide bonds. The van der Waals surface area contributed by atoms with Gasteiger partial charge in [-0.05, 0) is 106 Å². The summed E-state index contributed by atoms with van der Waals surface area (Å²) in [6.07, 6.45) is 9.44. The Hall–Kier alpha value is -1.82. The van der Waals surface area contributed by atoms with E-state index in [2.05, 4.69) is 10.3 Å². The van der Waals surface area contributed by atoms with E-state index in [1.807, 2.05) is 43.5 Å². The highest BCUT2D eigenvalue weighted by molar-refractivity contribution is 7.12. The lowest BCUT2D eigenvalue weighted by Crippen LogP contribution is -2.62. The highest BCUT2D eigenvalue weighted by atomic mass is 35.5. The number of benzene rings is 1. The number of thiophene rings is 1. The van der Waals surface area contributed by atoms with Crippen molar-refractivity contribution in [2.45, 2.75) is 57.5 Å². The van der Waals surface area contributed by atoms with Crippen LogP contribution in [0.3, 0.4) is 0 Å². The number of carbonyl (C=O) groups excluding carboxylic acids is 1. The molecule has 4 fully saturated rings. The number of aliphatic hydroxyl groups is 1. The molecule has 4 aliphatic carbocycles. The Balaban J connectivity index is 1.27. The molecule has 4 saturated carbocycles. The van der Waals surface area contributed by atoms with Crippen molar-refractivity contribution >= 4 is 39.7 Å². The van der Waals surface area contributed by atoms with Gasteiger partial charge in [-0.25, -0.2) is 0 Å². The van der Waals surface area contributed by atoms with E-state index in [-0.39, 0.29) is 11.3 Å². The third-order valence-corrected chi connectivity index (χ3v) is 9.99. The summed E-state index contributed by atoms with van der Waals surface area (Å²) in [6, 6.07) is 9.84. The van der Waals surface area contributed by atoms with E-state index in [0.29, 0.717) is 35.7 Å². The van der Waals surface area contributed by atoms with Gasteiger partial charge in [-0.15, -0.1) is 11.3 Å². The summed E-state index contributed by atoms with van der Waals surface area (Å²) in [6.45, 7) is 2.53. The highest BCUT2D eigenvalue weighted by Crippen LogP contribution is 2.66. The molecule has 2 heterocycles. The Kier molecular flexibility index (Phi) is 5.17. The first-order chi connectivity index (χ1) is 15.9. The minimum absolute atomic E-state index is 0.218. The molecule has 0 aliphatic heterocycles. The van der Waals surface area contributed by atoms with Crippen molar-refractivity contribution in [3.63, 3.8) is 0 Å². The fourth-order valence-electron chi connectivity index (χ4n) is 7.59. The van der Waals surface area contributed by atoms with E-state index in [1.54, 1.807) is 11.3 Å². The lowest BCUT2D eigenvalue weighted by Gasteiger charge is -2.61. The normalized spacial score (nSPS) is 30.0. The summed E-state index contributed by atoms with van der Waals surface area (Å²) in [5.74, 6) is 1.76. The van der Waals surface area contributed by atoms with Crippen molar-refractivity contribution in [3.05, 3.63) is 56.9 Å². The lowest BCUT2D eigenvalue weighted by molar-refractivity contribution is -0.193. The van der Waals surface area contributed by atoms with Gasteiger partial charge < -0.3 is 15.4 Å². The Morgan fingerprint density at radius 2 is 1.88 bits per heavy atom. The predicted molar refractivity (Wildman–Crippen MR) is 134 cm³/mol. The Morgan fingerprint density at radius 3 is 2.52 bits per heavy atom. The molecule has 174 valence electrons. The number of nitrogens with one attached hydrogen (secondary N) is 2. The first-order valence-corrected chi connectivity index (χ1v) is 13.4. The van der Waals surface area contributed by atoms with E-state index in [9.17, 15) is 9.90 Å². The number of fused-ring (bicyclic) bond motifs is 1. The molecule has 0 radical (unpaired) electrons. The van der Waals surface area contributed by atoms with Crippen LogP contribution in [0.4, 0.5) is 0 Å². The summed E-state index contributed by atoms with van der Waals surface area (Å²) < 4.78 is 0. The number of halogens is 1. The van der Waals surface area contributed by atoms with Crippen LogP contribution in [0.1, 0.15) is 53.8 Å². The molecule has 4 nitrogen and oxygen atoms in total. The molecule has 2 aromatic heterocycles. The Morgan fingerprint density at radius 1 is 1.18 bits per heavy atom. The van der Waals surface area contributed by atoms with Crippen LogP contribution in [-0.2, 0) is 16.8 Å². The molecule has 4 bridgehead atoms. The third kappa shape index (κ3) is 3.46. The van der Waals surface area contributed by atoms with Crippen LogP contribution in [0.15, 0.2) is 36.5 Å². The van der Waals surface area contributed by atoms with E-state index >= 15 is 0 Å². The van der Waals surface area contributed by atoms with Gasteiger partial charge in [0.25, 0.3) is 5.91 Å². The summed E-state index contributed by atoms with van der Waals surface area (Å²) in [7, 11) is 0. The quantitative estimate of drug-likeness (QED) is 0.406. The number of H-pyrrole nitrogens is 1. The molecule has 1 unspecified atom stereocenters. The zero-order valence-electron chi connectivity index (χ0n) is 19.0. The molecule has 3 N–H and O–H groups in total. The standard InChI is InChI=1S/C27H31ClN2O2S/c1-16-2-5-24(33-16)27(32,26-12-17-8-18(13-26)10-19(9-17)14-26)25(31)29-7-6-20-15-30-23-4-3-21(28)11-22(20)23/h2-5,11,15,17-19,30,32H,6-10,12-14H2,1H3,(H,29,31). The van der Waals surface area contributed by atoms with E-state index < -0.39 is 5.60 Å². The molecule has 7 rings (SSSR count). The van der Waals surface area contributed by atoms with Gasteiger partial charge in [-0.3, -0.25) is 4.79 Å². The van der Waals surface area contributed by atoms with Crippen molar-refractivity contribution < 1.29 is 9.90 Å². The minimum atomic E-state index is -1.45. The molecule has 1 atom stereocenters. The van der Waals surface area contributed by atoms with Crippen LogP contribution in [0, 0.1) is 30.1 Å². The molecule has 33 heavy (non-hydrogen) atoms. The largest absolute Gasteiger partial charge is 0.374 e. The second-order valence-electron chi connectivity index (χ2n) is 10.8. The monoisotopic (exact) mass is 482 g/mol. The number of hydrogen-bond donors (Lipinski definition) is 3. The van der Waals surface area contributed by atoms with Crippen molar-refractivity contribution in [2.75, 3.05) is 6.54 Å². The predicted octanol–water partition coefficient (Wildman–Crippen LogP) is 5.95. The van der Waals surface area contributed by atoms with Crippen LogP contribution < -0.4 is 5.32 Å². The molecular weight excluding hydrogens is 452 g/mol.